The van der Waals surface area contributed by atoms with Gasteiger partial charge in [0.25, 0.3) is 0 Å². The number of rotatable bonds is 9. The Kier molecular flexibility index (Phi) is 10.2. The van der Waals surface area contributed by atoms with Crippen LogP contribution in [0.1, 0.15) is 95.0 Å². The summed E-state index contributed by atoms with van der Waals surface area (Å²) in [5, 5.41) is 4.71. The molecule has 0 radical (unpaired) electrons. The van der Waals surface area contributed by atoms with Gasteiger partial charge in [-0.05, 0) is 131 Å². The molecule has 2 aliphatic rings. The zero-order valence-corrected chi connectivity index (χ0v) is 29.8. The molecule has 2 aliphatic carbocycles. The SMILES string of the molecule is COc1ccc(C2CCC(CN(C(=O)C3CCC(O[Si](C)(C)C(C)(C)C)CC3)c3cccc(-n4cnc(C)n4)c3)CC2)cc1C. The Morgan fingerprint density at radius 1 is 0.978 bits per heavy atom. The van der Waals surface area contributed by atoms with Crippen molar-refractivity contribution in [2.75, 3.05) is 18.6 Å². The molecule has 0 N–H and O–H groups in total. The molecule has 0 saturated heterocycles. The van der Waals surface area contributed by atoms with Gasteiger partial charge in [0, 0.05) is 24.3 Å². The highest BCUT2D eigenvalue weighted by molar-refractivity contribution is 6.74. The lowest BCUT2D eigenvalue weighted by Crippen LogP contribution is -2.46. The fourth-order valence-corrected chi connectivity index (χ4v) is 8.35. The van der Waals surface area contributed by atoms with Crippen LogP contribution in [0.5, 0.6) is 5.75 Å². The molecule has 0 aliphatic heterocycles. The van der Waals surface area contributed by atoms with E-state index in [0.29, 0.717) is 11.8 Å². The summed E-state index contributed by atoms with van der Waals surface area (Å²) in [5.74, 6) is 3.00. The van der Waals surface area contributed by atoms with Crippen molar-refractivity contribution in [1.82, 2.24) is 14.8 Å². The van der Waals surface area contributed by atoms with Crippen LogP contribution in [-0.2, 0) is 9.22 Å². The van der Waals surface area contributed by atoms with Crippen LogP contribution in [-0.4, -0.2) is 48.7 Å². The Bertz CT molecular complexity index is 1450. The minimum Gasteiger partial charge on any atom is -0.496 e. The number of aromatic nitrogens is 3. The highest BCUT2D eigenvalue weighted by Gasteiger charge is 2.41. The van der Waals surface area contributed by atoms with Crippen LogP contribution in [0.2, 0.25) is 18.1 Å². The average Bonchev–Trinajstić information content (AvgIpc) is 3.46. The minimum atomic E-state index is -1.84. The fourth-order valence-electron chi connectivity index (χ4n) is 6.93. The Balaban J connectivity index is 1.30. The normalized spacial score (nSPS) is 22.7. The maximum absolute atomic E-state index is 14.4. The third-order valence-corrected chi connectivity index (χ3v) is 15.3. The molecule has 1 aromatic heterocycles. The minimum absolute atomic E-state index is 0.0279. The molecule has 1 amide bonds. The van der Waals surface area contributed by atoms with Crippen LogP contribution < -0.4 is 9.64 Å². The quantitative estimate of drug-likeness (QED) is 0.221. The molecule has 0 atom stereocenters. The van der Waals surface area contributed by atoms with Crippen LogP contribution in [0.15, 0.2) is 48.8 Å². The molecule has 1 heterocycles. The number of amides is 1. The van der Waals surface area contributed by atoms with E-state index in [2.05, 4.69) is 86.1 Å². The molecule has 7 nitrogen and oxygen atoms in total. The second kappa shape index (κ2) is 13.8. The van der Waals surface area contributed by atoms with E-state index >= 15 is 0 Å². The largest absolute Gasteiger partial charge is 0.496 e. The van der Waals surface area contributed by atoms with Crippen molar-refractivity contribution < 1.29 is 14.0 Å². The third-order valence-electron chi connectivity index (χ3n) is 10.7. The Hall–Kier alpha value is -2.97. The van der Waals surface area contributed by atoms with Crippen LogP contribution in [0, 0.1) is 25.7 Å². The predicted octanol–water partition coefficient (Wildman–Crippen LogP) is 8.78. The summed E-state index contributed by atoms with van der Waals surface area (Å²) in [7, 11) is -0.102. The van der Waals surface area contributed by atoms with Gasteiger partial charge in [0.1, 0.15) is 17.9 Å². The summed E-state index contributed by atoms with van der Waals surface area (Å²) in [6.45, 7) is 16.3. The van der Waals surface area contributed by atoms with Crippen molar-refractivity contribution >= 4 is 19.9 Å². The predicted molar refractivity (Wildman–Crippen MR) is 185 cm³/mol. The number of benzene rings is 2. The molecule has 45 heavy (non-hydrogen) atoms. The van der Waals surface area contributed by atoms with Crippen LogP contribution in [0.4, 0.5) is 5.69 Å². The highest BCUT2D eigenvalue weighted by Crippen LogP contribution is 2.41. The van der Waals surface area contributed by atoms with Gasteiger partial charge in [0.05, 0.1) is 12.8 Å². The summed E-state index contributed by atoms with van der Waals surface area (Å²) < 4.78 is 14.1. The van der Waals surface area contributed by atoms with Crippen molar-refractivity contribution in [3.63, 3.8) is 0 Å². The first-order valence-electron chi connectivity index (χ1n) is 17.0. The van der Waals surface area contributed by atoms with E-state index < -0.39 is 8.32 Å². The molecule has 2 fully saturated rings. The number of hydrogen-bond donors (Lipinski definition) is 0. The monoisotopic (exact) mass is 630 g/mol. The first-order valence-corrected chi connectivity index (χ1v) is 19.9. The summed E-state index contributed by atoms with van der Waals surface area (Å²) in [6.07, 6.45) is 10.2. The number of hydrogen-bond acceptors (Lipinski definition) is 5. The molecule has 8 heteroatoms. The maximum Gasteiger partial charge on any atom is 0.230 e. The van der Waals surface area contributed by atoms with Gasteiger partial charge in [-0.1, -0.05) is 39.0 Å². The van der Waals surface area contributed by atoms with E-state index in [1.54, 1.807) is 18.1 Å². The van der Waals surface area contributed by atoms with Crippen molar-refractivity contribution in [2.24, 2.45) is 11.8 Å². The van der Waals surface area contributed by atoms with Gasteiger partial charge < -0.3 is 14.1 Å². The van der Waals surface area contributed by atoms with E-state index in [4.69, 9.17) is 9.16 Å². The van der Waals surface area contributed by atoms with Crippen LogP contribution >= 0.6 is 0 Å². The van der Waals surface area contributed by atoms with Crippen molar-refractivity contribution in [3.05, 3.63) is 65.7 Å². The summed E-state index contributed by atoms with van der Waals surface area (Å²) in [4.78, 5) is 20.8. The molecule has 0 bridgehead atoms. The number of anilines is 1. The fraction of sp³-hybridized carbons (Fsp3) is 0.595. The summed E-state index contributed by atoms with van der Waals surface area (Å²) in [5.41, 5.74) is 4.49. The van der Waals surface area contributed by atoms with Gasteiger partial charge in [-0.3, -0.25) is 4.79 Å². The average molecular weight is 631 g/mol. The molecule has 0 spiro atoms. The third kappa shape index (κ3) is 7.88. The van der Waals surface area contributed by atoms with E-state index in [1.165, 1.54) is 11.1 Å². The van der Waals surface area contributed by atoms with E-state index in [0.717, 1.165) is 80.9 Å². The second-order valence-corrected chi connectivity index (χ2v) is 19.8. The lowest BCUT2D eigenvalue weighted by Gasteiger charge is -2.41. The van der Waals surface area contributed by atoms with Gasteiger partial charge in [-0.2, -0.15) is 5.10 Å². The summed E-state index contributed by atoms with van der Waals surface area (Å²) >= 11 is 0. The number of ether oxygens (including phenoxy) is 1. The molecule has 244 valence electrons. The molecule has 5 rings (SSSR count). The topological polar surface area (TPSA) is 69.5 Å². The first kappa shape index (κ1) is 33.4. The van der Waals surface area contributed by atoms with Crippen LogP contribution in [0.3, 0.4) is 0 Å². The molecule has 3 aromatic rings. The zero-order chi connectivity index (χ0) is 32.4. The van der Waals surface area contributed by atoms with Gasteiger partial charge in [0.15, 0.2) is 8.32 Å². The smallest absolute Gasteiger partial charge is 0.230 e. The number of aryl methyl sites for hydroxylation is 2. The van der Waals surface area contributed by atoms with E-state index in [1.807, 2.05) is 19.1 Å². The van der Waals surface area contributed by atoms with Crippen LogP contribution in [0.25, 0.3) is 5.69 Å². The Labute approximate surface area is 271 Å². The molecular formula is C37H54N4O3Si. The molecule has 2 aromatic carbocycles. The molecule has 0 unspecified atom stereocenters. The molecular weight excluding hydrogens is 577 g/mol. The van der Waals surface area contributed by atoms with E-state index in [9.17, 15) is 4.79 Å². The Morgan fingerprint density at radius 3 is 2.29 bits per heavy atom. The lowest BCUT2D eigenvalue weighted by atomic mass is 9.78. The van der Waals surface area contributed by atoms with Gasteiger partial charge >= 0.3 is 0 Å². The zero-order valence-electron chi connectivity index (χ0n) is 28.8. The second-order valence-electron chi connectivity index (χ2n) is 15.0. The van der Waals surface area contributed by atoms with Gasteiger partial charge in [-0.25, -0.2) is 9.67 Å². The van der Waals surface area contributed by atoms with Crippen molar-refractivity contribution in [2.45, 2.75) is 116 Å². The number of methoxy groups -OCH3 is 1. The number of carbonyl (C=O) groups excluding carboxylic acids is 1. The lowest BCUT2D eigenvalue weighted by molar-refractivity contribution is -0.124. The highest BCUT2D eigenvalue weighted by atomic mass is 28.4. The van der Waals surface area contributed by atoms with Crippen molar-refractivity contribution in [3.8, 4) is 11.4 Å². The number of nitrogens with zero attached hydrogens (tertiary/aromatic N) is 4. The Morgan fingerprint density at radius 2 is 1.69 bits per heavy atom. The standard InChI is InChI=1S/C37H54N4O3Si/c1-26-22-31(18-21-35(26)43-6)29-14-12-28(13-15-29)24-40(32-10-9-11-33(23-32)41-25-38-27(2)39-41)36(42)30-16-19-34(20-17-30)44-45(7,8)37(3,4)5/h9-11,18,21-23,25,28-30,34H,12-17,19-20,24H2,1-8H3. The van der Waals surface area contributed by atoms with Gasteiger partial charge in [0.2, 0.25) is 5.91 Å². The first-order chi connectivity index (χ1) is 21.3. The van der Waals surface area contributed by atoms with Crippen molar-refractivity contribution in [1.29, 1.82) is 0 Å². The maximum atomic E-state index is 14.4. The van der Waals surface area contributed by atoms with Gasteiger partial charge in [-0.15, -0.1) is 0 Å². The summed E-state index contributed by atoms with van der Waals surface area (Å²) in [6, 6.07) is 14.9. The van der Waals surface area contributed by atoms with E-state index in [-0.39, 0.29) is 23.0 Å². The number of carbonyl (C=O) groups is 1. The molecule has 2 saturated carbocycles.